The maximum absolute atomic E-state index is 12.1. The summed E-state index contributed by atoms with van der Waals surface area (Å²) in [5, 5.41) is 43.3. The fourth-order valence-corrected chi connectivity index (χ4v) is 4.03. The number of amides is 1. The van der Waals surface area contributed by atoms with E-state index in [2.05, 4.69) is 54.9 Å². The first-order valence-corrected chi connectivity index (χ1v) is 13.1. The molecule has 2 aromatic carbocycles. The van der Waals surface area contributed by atoms with Crippen LogP contribution < -0.4 is 16.0 Å². The molecular formula is C28H38ClN3O7. The summed E-state index contributed by atoms with van der Waals surface area (Å²) in [6.45, 7) is 9.73. The number of aliphatic hydroxyl groups excluding tert-OH is 2. The fourth-order valence-electron chi connectivity index (χ4n) is 3.78. The lowest BCUT2D eigenvalue weighted by molar-refractivity contribution is -0.165. The molecule has 0 spiro atoms. The number of hydrogen-bond donors (Lipinski definition) is 7. The van der Waals surface area contributed by atoms with Crippen molar-refractivity contribution in [3.05, 3.63) is 63.7 Å². The summed E-state index contributed by atoms with van der Waals surface area (Å²) >= 11 is 6.50. The predicted octanol–water partition coefficient (Wildman–Crippen LogP) is 2.22. The number of aliphatic carboxylic acids is 2. The second-order valence-electron chi connectivity index (χ2n) is 10.6. The van der Waals surface area contributed by atoms with Gasteiger partial charge in [-0.2, -0.15) is 0 Å². The molecule has 0 fully saturated rings. The molecule has 39 heavy (non-hydrogen) atoms. The van der Waals surface area contributed by atoms with Crippen molar-refractivity contribution in [2.45, 2.75) is 58.8 Å². The van der Waals surface area contributed by atoms with Crippen molar-refractivity contribution >= 4 is 35.1 Å². The second-order valence-corrected chi connectivity index (χ2v) is 11.0. The third-order valence-electron chi connectivity index (χ3n) is 5.96. The van der Waals surface area contributed by atoms with Crippen LogP contribution >= 0.6 is 11.6 Å². The SMILES string of the molecule is CC(C)(C)CNC(=O)Cc1ccc(CNc2c(Cl)ccc3c2CCNCC3)cc1.O=C(O)[C@H](O)[C@@H](O)C(=O)O. The number of halogens is 1. The molecule has 2 aromatic rings. The molecular weight excluding hydrogens is 526 g/mol. The molecule has 0 aromatic heterocycles. The van der Waals surface area contributed by atoms with Crippen LogP contribution in [0.25, 0.3) is 0 Å². The second kappa shape index (κ2) is 14.8. The Morgan fingerprint density at radius 3 is 2.05 bits per heavy atom. The van der Waals surface area contributed by atoms with Gasteiger partial charge in [-0.1, -0.05) is 62.7 Å². The van der Waals surface area contributed by atoms with E-state index < -0.39 is 24.1 Å². The summed E-state index contributed by atoms with van der Waals surface area (Å²) in [7, 11) is 0. The first-order valence-electron chi connectivity index (χ1n) is 12.7. The molecule has 0 bridgehead atoms. The Hall–Kier alpha value is -3.18. The third kappa shape index (κ3) is 10.8. The zero-order valence-corrected chi connectivity index (χ0v) is 23.2. The van der Waals surface area contributed by atoms with E-state index in [0.29, 0.717) is 19.5 Å². The summed E-state index contributed by atoms with van der Waals surface area (Å²) in [6.07, 6.45) is -2.10. The number of aliphatic hydroxyl groups is 2. The molecule has 0 saturated heterocycles. The van der Waals surface area contributed by atoms with E-state index in [0.717, 1.165) is 42.2 Å². The van der Waals surface area contributed by atoms with Crippen LogP contribution in [-0.4, -0.2) is 70.1 Å². The van der Waals surface area contributed by atoms with E-state index in [9.17, 15) is 14.4 Å². The Morgan fingerprint density at radius 1 is 0.923 bits per heavy atom. The normalized spacial score (nSPS) is 14.5. The molecule has 2 atom stereocenters. The van der Waals surface area contributed by atoms with Crippen LogP contribution in [0.15, 0.2) is 36.4 Å². The molecule has 3 rings (SSSR count). The van der Waals surface area contributed by atoms with Crippen molar-refractivity contribution in [2.24, 2.45) is 5.41 Å². The topological polar surface area (TPSA) is 168 Å². The van der Waals surface area contributed by atoms with Crippen LogP contribution in [0.2, 0.25) is 5.02 Å². The molecule has 0 unspecified atom stereocenters. The van der Waals surface area contributed by atoms with E-state index in [1.165, 1.54) is 16.7 Å². The first-order chi connectivity index (χ1) is 18.3. The van der Waals surface area contributed by atoms with Gasteiger partial charge in [0.2, 0.25) is 5.91 Å². The van der Waals surface area contributed by atoms with E-state index in [-0.39, 0.29) is 11.3 Å². The van der Waals surface area contributed by atoms with Gasteiger partial charge in [-0.15, -0.1) is 0 Å². The number of fused-ring (bicyclic) bond motifs is 1. The molecule has 0 aliphatic carbocycles. The molecule has 1 aliphatic heterocycles. The van der Waals surface area contributed by atoms with Crippen LogP contribution in [0.1, 0.15) is 43.0 Å². The van der Waals surface area contributed by atoms with Crippen molar-refractivity contribution in [3.8, 4) is 0 Å². The first kappa shape index (κ1) is 32.0. The third-order valence-corrected chi connectivity index (χ3v) is 6.27. The van der Waals surface area contributed by atoms with Gasteiger partial charge in [-0.05, 0) is 59.7 Å². The molecule has 1 aliphatic rings. The summed E-state index contributed by atoms with van der Waals surface area (Å²) in [4.78, 5) is 31.7. The number of benzene rings is 2. The lowest BCUT2D eigenvalue weighted by Gasteiger charge is -2.18. The van der Waals surface area contributed by atoms with Crippen molar-refractivity contribution in [2.75, 3.05) is 25.0 Å². The number of carboxylic acid groups (broad SMARTS) is 2. The monoisotopic (exact) mass is 563 g/mol. The van der Waals surface area contributed by atoms with Gasteiger partial charge in [-0.25, -0.2) is 9.59 Å². The largest absolute Gasteiger partial charge is 0.479 e. The molecule has 11 heteroatoms. The molecule has 10 nitrogen and oxygen atoms in total. The summed E-state index contributed by atoms with van der Waals surface area (Å²) < 4.78 is 0. The minimum absolute atomic E-state index is 0.0677. The number of hydrogen-bond acceptors (Lipinski definition) is 7. The highest BCUT2D eigenvalue weighted by atomic mass is 35.5. The Kier molecular flexibility index (Phi) is 12.2. The number of carboxylic acids is 2. The highest BCUT2D eigenvalue weighted by molar-refractivity contribution is 6.33. The van der Waals surface area contributed by atoms with Crippen molar-refractivity contribution in [1.82, 2.24) is 10.6 Å². The number of rotatable bonds is 9. The van der Waals surface area contributed by atoms with Crippen molar-refractivity contribution < 1.29 is 34.8 Å². The molecule has 214 valence electrons. The summed E-state index contributed by atoms with van der Waals surface area (Å²) in [5.74, 6) is -3.47. The van der Waals surface area contributed by atoms with Gasteiger partial charge in [0.1, 0.15) is 0 Å². The van der Waals surface area contributed by atoms with Crippen LogP contribution in [0, 0.1) is 5.41 Å². The number of anilines is 1. The van der Waals surface area contributed by atoms with Gasteiger partial charge in [0.05, 0.1) is 17.1 Å². The maximum Gasteiger partial charge on any atom is 0.335 e. The standard InChI is InChI=1S/C24H32ClN3O.C4H6O6/c1-24(2,3)16-28-22(29)14-17-4-6-18(7-5-17)15-27-23-20-11-13-26-12-10-19(20)8-9-21(23)25;5-1(3(7)8)2(6)4(9)10/h4-9,26-27H,10-16H2,1-3H3,(H,28,29);1-2,5-6H,(H,7,8)(H,9,10)/t;1-,2-/m.1/s1. The average molecular weight is 564 g/mol. The number of carbonyl (C=O) groups is 3. The van der Waals surface area contributed by atoms with Gasteiger partial charge in [0, 0.05) is 13.1 Å². The van der Waals surface area contributed by atoms with Crippen molar-refractivity contribution in [1.29, 1.82) is 0 Å². The smallest absolute Gasteiger partial charge is 0.335 e. The van der Waals surface area contributed by atoms with E-state index >= 15 is 0 Å². The van der Waals surface area contributed by atoms with Crippen LogP contribution in [-0.2, 0) is 40.2 Å². The van der Waals surface area contributed by atoms with Gasteiger partial charge in [0.25, 0.3) is 0 Å². The highest BCUT2D eigenvalue weighted by Gasteiger charge is 2.29. The summed E-state index contributed by atoms with van der Waals surface area (Å²) in [6, 6.07) is 12.4. The van der Waals surface area contributed by atoms with Gasteiger partial charge >= 0.3 is 11.9 Å². The minimum atomic E-state index is -2.27. The van der Waals surface area contributed by atoms with Crippen LogP contribution in [0.4, 0.5) is 5.69 Å². The number of carbonyl (C=O) groups excluding carboxylic acids is 1. The zero-order valence-electron chi connectivity index (χ0n) is 22.5. The Labute approximate surface area is 233 Å². The Bertz CT molecular complexity index is 1120. The lowest BCUT2D eigenvalue weighted by Crippen LogP contribution is -2.39. The Morgan fingerprint density at radius 2 is 1.49 bits per heavy atom. The van der Waals surface area contributed by atoms with Crippen molar-refractivity contribution in [3.63, 3.8) is 0 Å². The van der Waals surface area contributed by atoms with E-state index in [4.69, 9.17) is 32.0 Å². The molecule has 0 saturated carbocycles. The minimum Gasteiger partial charge on any atom is -0.479 e. The van der Waals surface area contributed by atoms with Crippen LogP contribution in [0.5, 0.6) is 0 Å². The average Bonchev–Trinajstić information content (AvgIpc) is 3.12. The lowest BCUT2D eigenvalue weighted by atomic mass is 9.97. The molecule has 7 N–H and O–H groups in total. The highest BCUT2D eigenvalue weighted by Crippen LogP contribution is 2.31. The van der Waals surface area contributed by atoms with E-state index in [1.54, 1.807) is 0 Å². The van der Waals surface area contributed by atoms with E-state index in [1.807, 2.05) is 18.2 Å². The fraction of sp³-hybridized carbons (Fsp3) is 0.464. The maximum atomic E-state index is 12.1. The van der Waals surface area contributed by atoms with Gasteiger partial charge in [0.15, 0.2) is 12.2 Å². The number of nitrogens with one attached hydrogen (secondary N) is 3. The molecule has 1 amide bonds. The Balaban J connectivity index is 0.000000455. The van der Waals surface area contributed by atoms with Crippen LogP contribution in [0.3, 0.4) is 0 Å². The quantitative estimate of drug-likeness (QED) is 0.242. The zero-order chi connectivity index (χ0) is 29.2. The summed E-state index contributed by atoms with van der Waals surface area (Å²) in [5.41, 5.74) is 6.05. The predicted molar refractivity (Wildman–Crippen MR) is 149 cm³/mol. The van der Waals surface area contributed by atoms with Gasteiger partial charge in [-0.3, -0.25) is 4.79 Å². The van der Waals surface area contributed by atoms with Gasteiger partial charge < -0.3 is 36.4 Å². The molecule has 1 heterocycles. The molecule has 0 radical (unpaired) electrons.